The molecular weight excluding hydrogens is 310 g/mol. The van der Waals surface area contributed by atoms with Crippen LogP contribution >= 0.6 is 11.8 Å². The van der Waals surface area contributed by atoms with Crippen LogP contribution in [0.2, 0.25) is 0 Å². The topological polar surface area (TPSA) is 64.4 Å². The molecule has 1 saturated heterocycles. The number of hydrogen-bond donors (Lipinski definition) is 2. The van der Waals surface area contributed by atoms with Crippen LogP contribution in [0.3, 0.4) is 0 Å². The maximum atomic E-state index is 13.3. The first-order chi connectivity index (χ1) is 10.5. The van der Waals surface area contributed by atoms with Crippen molar-refractivity contribution in [2.45, 2.75) is 31.0 Å². The van der Waals surface area contributed by atoms with Gasteiger partial charge in [-0.25, -0.2) is 8.78 Å². The largest absolute Gasteiger partial charge is 0.371 e. The summed E-state index contributed by atoms with van der Waals surface area (Å²) in [5.41, 5.74) is 6.35. The van der Waals surface area contributed by atoms with Crippen LogP contribution in [0.25, 0.3) is 0 Å². The minimum Gasteiger partial charge on any atom is -0.371 e. The lowest BCUT2D eigenvalue weighted by molar-refractivity contribution is -0.123. The normalized spacial score (nSPS) is 22.5. The predicted molar refractivity (Wildman–Crippen MR) is 82.6 cm³/mol. The van der Waals surface area contributed by atoms with Crippen molar-refractivity contribution in [2.75, 3.05) is 18.6 Å². The molecule has 0 unspecified atom stereocenters. The molecule has 0 spiro atoms. The molecule has 122 valence electrons. The van der Waals surface area contributed by atoms with Gasteiger partial charge in [0.25, 0.3) is 0 Å². The number of ether oxygens (including phenoxy) is 1. The van der Waals surface area contributed by atoms with Gasteiger partial charge in [0, 0.05) is 6.61 Å². The Hall–Kier alpha value is -1.18. The summed E-state index contributed by atoms with van der Waals surface area (Å²) in [5.74, 6) is -1.25. The Morgan fingerprint density at radius 3 is 2.95 bits per heavy atom. The van der Waals surface area contributed by atoms with Gasteiger partial charge in [-0.1, -0.05) is 6.07 Å². The van der Waals surface area contributed by atoms with Gasteiger partial charge in [-0.3, -0.25) is 4.79 Å². The minimum absolute atomic E-state index is 0.239. The summed E-state index contributed by atoms with van der Waals surface area (Å²) in [7, 11) is 0. The number of nitrogens with one attached hydrogen (secondary N) is 1. The number of halogens is 2. The fraction of sp³-hybridized carbons (Fsp3) is 0.533. The number of nitrogens with two attached hydrogens (primary N) is 1. The Bertz CT molecular complexity index is 530. The van der Waals surface area contributed by atoms with Crippen molar-refractivity contribution in [1.29, 1.82) is 0 Å². The van der Waals surface area contributed by atoms with Gasteiger partial charge in [0.2, 0.25) is 5.91 Å². The third-order valence-electron chi connectivity index (χ3n) is 3.66. The van der Waals surface area contributed by atoms with E-state index in [4.69, 9.17) is 10.5 Å². The molecule has 22 heavy (non-hydrogen) atoms. The van der Waals surface area contributed by atoms with Crippen molar-refractivity contribution in [1.82, 2.24) is 5.32 Å². The van der Waals surface area contributed by atoms with Gasteiger partial charge >= 0.3 is 0 Å². The molecule has 1 aromatic carbocycles. The van der Waals surface area contributed by atoms with E-state index < -0.39 is 23.8 Å². The summed E-state index contributed by atoms with van der Waals surface area (Å²) in [4.78, 5) is 12.1. The van der Waals surface area contributed by atoms with Crippen molar-refractivity contribution in [3.05, 3.63) is 35.4 Å². The zero-order chi connectivity index (χ0) is 16.1. The summed E-state index contributed by atoms with van der Waals surface area (Å²) >= 11 is 1.63. The average Bonchev–Trinajstić information content (AvgIpc) is 2.95. The summed E-state index contributed by atoms with van der Waals surface area (Å²) in [6, 6.07) is 2.80. The van der Waals surface area contributed by atoms with E-state index in [0.29, 0.717) is 25.0 Å². The Morgan fingerprint density at radius 2 is 2.27 bits per heavy atom. The van der Waals surface area contributed by atoms with Crippen molar-refractivity contribution < 1.29 is 18.3 Å². The highest BCUT2D eigenvalue weighted by Gasteiger charge is 2.32. The van der Waals surface area contributed by atoms with Crippen LogP contribution in [0, 0.1) is 11.6 Å². The Morgan fingerprint density at radius 1 is 1.50 bits per heavy atom. The number of rotatable bonds is 6. The number of carbonyl (C=O) groups excluding carboxylic acids is 1. The SMILES string of the molecule is CSCC[C@H](N)C(=O)N[C@@H]1CCO[C@H]1c1ccc(F)c(F)c1. The maximum absolute atomic E-state index is 13.3. The van der Waals surface area contributed by atoms with Crippen molar-refractivity contribution in [3.8, 4) is 0 Å². The molecule has 0 radical (unpaired) electrons. The average molecular weight is 330 g/mol. The van der Waals surface area contributed by atoms with E-state index in [9.17, 15) is 13.6 Å². The van der Waals surface area contributed by atoms with E-state index in [2.05, 4.69) is 5.32 Å². The number of thioether (sulfide) groups is 1. The molecule has 0 aliphatic carbocycles. The highest BCUT2D eigenvalue weighted by Crippen LogP contribution is 2.30. The number of carbonyl (C=O) groups is 1. The van der Waals surface area contributed by atoms with Gasteiger partial charge < -0.3 is 15.8 Å². The van der Waals surface area contributed by atoms with Crippen LogP contribution in [0.15, 0.2) is 18.2 Å². The zero-order valence-corrected chi connectivity index (χ0v) is 13.2. The molecule has 4 nitrogen and oxygen atoms in total. The highest BCUT2D eigenvalue weighted by atomic mass is 32.2. The number of hydrogen-bond acceptors (Lipinski definition) is 4. The third kappa shape index (κ3) is 4.18. The molecular formula is C15H20F2N2O2S. The molecule has 1 heterocycles. The van der Waals surface area contributed by atoms with Gasteiger partial charge in [0.05, 0.1) is 12.1 Å². The molecule has 3 atom stereocenters. The summed E-state index contributed by atoms with van der Waals surface area (Å²) < 4.78 is 31.9. The first-order valence-electron chi connectivity index (χ1n) is 7.14. The molecule has 0 aromatic heterocycles. The molecule has 1 aromatic rings. The molecule has 0 bridgehead atoms. The molecule has 1 aliphatic heterocycles. The van der Waals surface area contributed by atoms with Crippen LogP contribution in [0.1, 0.15) is 24.5 Å². The van der Waals surface area contributed by atoms with Crippen LogP contribution in [-0.2, 0) is 9.53 Å². The van der Waals surface area contributed by atoms with Gasteiger partial charge in [0.1, 0.15) is 6.10 Å². The van der Waals surface area contributed by atoms with Gasteiger partial charge in [-0.05, 0) is 42.5 Å². The summed E-state index contributed by atoms with van der Waals surface area (Å²) in [6.45, 7) is 0.453. The van der Waals surface area contributed by atoms with Gasteiger partial charge in [0.15, 0.2) is 11.6 Å². The standard InChI is InChI=1S/C15H20F2N2O2S/c1-22-7-5-12(18)15(20)19-13-4-6-21-14(13)9-2-3-10(16)11(17)8-9/h2-3,8,12-14H,4-7,18H2,1H3,(H,19,20)/t12-,13+,14-/m0/s1. The second-order valence-corrected chi connectivity index (χ2v) is 6.24. The molecule has 0 saturated carbocycles. The van der Waals surface area contributed by atoms with Gasteiger partial charge in [-0.2, -0.15) is 11.8 Å². The lowest BCUT2D eigenvalue weighted by Crippen LogP contribution is -2.46. The first-order valence-corrected chi connectivity index (χ1v) is 8.53. The van der Waals surface area contributed by atoms with Crippen molar-refractivity contribution in [2.24, 2.45) is 5.73 Å². The van der Waals surface area contributed by atoms with Crippen LogP contribution in [0.5, 0.6) is 0 Å². The second kappa shape index (κ2) is 7.89. The van der Waals surface area contributed by atoms with Crippen LogP contribution < -0.4 is 11.1 Å². The quantitative estimate of drug-likeness (QED) is 0.837. The number of amides is 1. The summed E-state index contributed by atoms with van der Waals surface area (Å²) in [5, 5.41) is 2.86. The molecule has 7 heteroatoms. The van der Waals surface area contributed by atoms with E-state index in [-0.39, 0.29) is 11.9 Å². The number of benzene rings is 1. The Kier molecular flexibility index (Phi) is 6.16. The lowest BCUT2D eigenvalue weighted by Gasteiger charge is -2.22. The van der Waals surface area contributed by atoms with Crippen molar-refractivity contribution in [3.63, 3.8) is 0 Å². The fourth-order valence-electron chi connectivity index (χ4n) is 2.42. The highest BCUT2D eigenvalue weighted by molar-refractivity contribution is 7.98. The monoisotopic (exact) mass is 330 g/mol. The zero-order valence-electron chi connectivity index (χ0n) is 12.4. The van der Waals surface area contributed by atoms with Gasteiger partial charge in [-0.15, -0.1) is 0 Å². The van der Waals surface area contributed by atoms with Crippen LogP contribution in [-0.4, -0.2) is 36.6 Å². The van der Waals surface area contributed by atoms with Crippen LogP contribution in [0.4, 0.5) is 8.78 Å². The fourth-order valence-corrected chi connectivity index (χ4v) is 2.91. The molecule has 2 rings (SSSR count). The van der Waals surface area contributed by atoms with E-state index in [1.807, 2.05) is 6.26 Å². The maximum Gasteiger partial charge on any atom is 0.237 e. The minimum atomic E-state index is -0.922. The first kappa shape index (κ1) is 17.2. The molecule has 1 aliphatic rings. The Labute approximate surface area is 132 Å². The van der Waals surface area contributed by atoms with E-state index in [0.717, 1.165) is 17.9 Å². The van der Waals surface area contributed by atoms with Crippen molar-refractivity contribution >= 4 is 17.7 Å². The van der Waals surface area contributed by atoms with E-state index in [1.165, 1.54) is 6.07 Å². The van der Waals surface area contributed by atoms with E-state index in [1.54, 1.807) is 11.8 Å². The summed E-state index contributed by atoms with van der Waals surface area (Å²) in [6.07, 6.45) is 2.68. The third-order valence-corrected chi connectivity index (χ3v) is 4.31. The molecule has 3 N–H and O–H groups in total. The van der Waals surface area contributed by atoms with E-state index >= 15 is 0 Å². The Balaban J connectivity index is 2.01. The smallest absolute Gasteiger partial charge is 0.237 e. The molecule has 1 fully saturated rings. The predicted octanol–water partition coefficient (Wildman–Crippen LogP) is 1.99. The second-order valence-electron chi connectivity index (χ2n) is 5.26. The molecule has 1 amide bonds. The lowest BCUT2D eigenvalue weighted by atomic mass is 10.0.